The van der Waals surface area contributed by atoms with Crippen LogP contribution in [0.2, 0.25) is 0 Å². The molecule has 1 aromatic heterocycles. The highest BCUT2D eigenvalue weighted by molar-refractivity contribution is 5.32. The molecule has 1 rings (SSSR count). The number of hydrogen-bond donors (Lipinski definition) is 1. The molecule has 0 bridgehead atoms. The molecule has 0 aliphatic carbocycles. The molecule has 2 nitrogen and oxygen atoms in total. The Morgan fingerprint density at radius 1 is 1.33 bits per heavy atom. The molecule has 2 N–H and O–H groups in total. The van der Waals surface area contributed by atoms with E-state index in [0.717, 1.165) is 12.2 Å². The van der Waals surface area contributed by atoms with Crippen molar-refractivity contribution in [2.24, 2.45) is 0 Å². The Hall–Kier alpha value is -0.570. The number of rotatable bonds is 3. The zero-order valence-electron chi connectivity index (χ0n) is 7.33. The first-order chi connectivity index (χ1) is 5.33. The third-order valence-corrected chi connectivity index (χ3v) is 1.69. The first-order valence-corrected chi connectivity index (χ1v) is 4.07. The predicted octanol–water partition coefficient (Wildman–Crippen LogP) is -1.64. The lowest BCUT2D eigenvalue weighted by Crippen LogP contribution is -3.00. The molecule has 0 spiro atoms. The van der Waals surface area contributed by atoms with Gasteiger partial charge in [-0.05, 0) is 0 Å². The fraction of sp³-hybridized carbons (Fsp3) is 0.444. The number of nitrogen functional groups attached to an aromatic ring is 1. The number of hydrogen-bond acceptors (Lipinski definition) is 1. The molecule has 0 saturated heterocycles. The van der Waals surface area contributed by atoms with Gasteiger partial charge in [0.2, 0.25) is 0 Å². The smallest absolute Gasteiger partial charge is 0.170 e. The zero-order valence-corrected chi connectivity index (χ0v) is 8.92. The largest absolute Gasteiger partial charge is 1.00 e. The Morgan fingerprint density at radius 2 is 1.92 bits per heavy atom. The van der Waals surface area contributed by atoms with Gasteiger partial charge in [-0.25, -0.2) is 4.57 Å². The molecule has 0 aliphatic rings. The second kappa shape index (κ2) is 6.00. The summed E-state index contributed by atoms with van der Waals surface area (Å²) in [5, 5.41) is 0. The number of aromatic nitrogens is 1. The molecule has 0 radical (unpaired) electrons. The summed E-state index contributed by atoms with van der Waals surface area (Å²) in [7, 11) is 0. The van der Waals surface area contributed by atoms with E-state index in [1.165, 1.54) is 12.8 Å². The van der Waals surface area contributed by atoms with Crippen LogP contribution < -0.4 is 27.3 Å². The Morgan fingerprint density at radius 3 is 2.42 bits per heavy atom. The van der Waals surface area contributed by atoms with Crippen LogP contribution in [-0.4, -0.2) is 0 Å². The lowest BCUT2D eigenvalue weighted by Gasteiger charge is -1.94. The second-order valence-corrected chi connectivity index (χ2v) is 2.72. The van der Waals surface area contributed by atoms with Gasteiger partial charge in [0.1, 0.15) is 6.54 Å². The molecule has 0 atom stereocenters. The van der Waals surface area contributed by atoms with Crippen LogP contribution in [0.15, 0.2) is 24.5 Å². The van der Waals surface area contributed by atoms with Crippen molar-refractivity contribution >= 4 is 5.69 Å². The summed E-state index contributed by atoms with van der Waals surface area (Å²) in [6.07, 6.45) is 6.50. The van der Waals surface area contributed by atoms with Crippen molar-refractivity contribution in [1.82, 2.24) is 0 Å². The Kier molecular flexibility index (Phi) is 5.72. The summed E-state index contributed by atoms with van der Waals surface area (Å²) >= 11 is 0. The number of unbranched alkanes of at least 4 members (excludes halogenated alkanes) is 1. The van der Waals surface area contributed by atoms with Gasteiger partial charge >= 0.3 is 0 Å². The van der Waals surface area contributed by atoms with E-state index in [4.69, 9.17) is 5.73 Å². The highest BCUT2D eigenvalue weighted by Crippen LogP contribution is 1.94. The SMILES string of the molecule is CCCC[n+]1ccc(N)cc1.[Br-]. The highest BCUT2D eigenvalue weighted by Gasteiger charge is 1.96. The number of aryl methyl sites for hydroxylation is 1. The van der Waals surface area contributed by atoms with Crippen molar-refractivity contribution < 1.29 is 21.5 Å². The summed E-state index contributed by atoms with van der Waals surface area (Å²) in [5.74, 6) is 0. The topological polar surface area (TPSA) is 29.9 Å². The maximum atomic E-state index is 5.54. The maximum Gasteiger partial charge on any atom is 0.170 e. The molecule has 0 fully saturated rings. The quantitative estimate of drug-likeness (QED) is 0.621. The Bertz CT molecular complexity index is 208. The first-order valence-electron chi connectivity index (χ1n) is 4.07. The van der Waals surface area contributed by atoms with Crippen LogP contribution >= 0.6 is 0 Å². The maximum absolute atomic E-state index is 5.54. The summed E-state index contributed by atoms with van der Waals surface area (Å²) in [5.41, 5.74) is 6.37. The van der Waals surface area contributed by atoms with Gasteiger partial charge in [0.05, 0.1) is 0 Å². The van der Waals surface area contributed by atoms with Crippen molar-refractivity contribution in [2.45, 2.75) is 26.3 Å². The van der Waals surface area contributed by atoms with E-state index in [9.17, 15) is 0 Å². The van der Waals surface area contributed by atoms with Crippen LogP contribution in [0.4, 0.5) is 5.69 Å². The summed E-state index contributed by atoms with van der Waals surface area (Å²) in [6, 6.07) is 3.85. The van der Waals surface area contributed by atoms with Crippen molar-refractivity contribution in [2.75, 3.05) is 5.73 Å². The molecule has 68 valence electrons. The summed E-state index contributed by atoms with van der Waals surface area (Å²) in [4.78, 5) is 0. The number of nitrogens with two attached hydrogens (primary N) is 1. The fourth-order valence-electron chi connectivity index (χ4n) is 0.959. The molecule has 3 heteroatoms. The Labute approximate surface area is 84.2 Å². The molecule has 0 saturated carbocycles. The third kappa shape index (κ3) is 3.72. The van der Waals surface area contributed by atoms with Crippen LogP contribution in [0.1, 0.15) is 19.8 Å². The van der Waals surface area contributed by atoms with Gasteiger partial charge < -0.3 is 22.7 Å². The van der Waals surface area contributed by atoms with E-state index in [-0.39, 0.29) is 17.0 Å². The van der Waals surface area contributed by atoms with Crippen molar-refractivity contribution in [1.29, 1.82) is 0 Å². The number of anilines is 1. The van der Waals surface area contributed by atoms with Gasteiger partial charge in [0, 0.05) is 24.2 Å². The monoisotopic (exact) mass is 230 g/mol. The van der Waals surface area contributed by atoms with Crippen molar-refractivity contribution in [3.05, 3.63) is 24.5 Å². The average molecular weight is 231 g/mol. The molecule has 0 aliphatic heterocycles. The van der Waals surface area contributed by atoms with E-state index < -0.39 is 0 Å². The highest BCUT2D eigenvalue weighted by atomic mass is 79.9. The van der Waals surface area contributed by atoms with Crippen molar-refractivity contribution in [3.63, 3.8) is 0 Å². The molecular weight excluding hydrogens is 216 g/mol. The first kappa shape index (κ1) is 11.4. The minimum absolute atomic E-state index is 0. The van der Waals surface area contributed by atoms with E-state index in [1.54, 1.807) is 0 Å². The third-order valence-electron chi connectivity index (χ3n) is 1.69. The lowest BCUT2D eigenvalue weighted by molar-refractivity contribution is -0.697. The zero-order chi connectivity index (χ0) is 8.10. The molecule has 1 aromatic rings. The fourth-order valence-corrected chi connectivity index (χ4v) is 0.959. The second-order valence-electron chi connectivity index (χ2n) is 2.72. The minimum atomic E-state index is 0. The molecule has 1 heterocycles. The van der Waals surface area contributed by atoms with Gasteiger partial charge in [-0.2, -0.15) is 0 Å². The molecule has 0 amide bonds. The lowest BCUT2D eigenvalue weighted by atomic mass is 10.3. The normalized spacial score (nSPS) is 9.08. The van der Waals surface area contributed by atoms with Gasteiger partial charge in [-0.1, -0.05) is 13.3 Å². The minimum Gasteiger partial charge on any atom is -1.00 e. The number of pyridine rings is 1. The summed E-state index contributed by atoms with van der Waals surface area (Å²) < 4.78 is 2.15. The molecular formula is C9H15BrN2. The molecule has 12 heavy (non-hydrogen) atoms. The predicted molar refractivity (Wildman–Crippen MR) is 46.0 cm³/mol. The number of nitrogens with zero attached hydrogens (tertiary/aromatic N) is 1. The van der Waals surface area contributed by atoms with E-state index in [2.05, 4.69) is 11.5 Å². The van der Waals surface area contributed by atoms with Crippen LogP contribution in [0.5, 0.6) is 0 Å². The van der Waals surface area contributed by atoms with Crippen molar-refractivity contribution in [3.8, 4) is 0 Å². The average Bonchev–Trinajstić information content (AvgIpc) is 2.04. The van der Waals surface area contributed by atoms with E-state index >= 15 is 0 Å². The Balaban J connectivity index is 0.00000121. The van der Waals surface area contributed by atoms with Crippen LogP contribution in [0.3, 0.4) is 0 Å². The van der Waals surface area contributed by atoms with E-state index in [1.807, 2.05) is 24.5 Å². The van der Waals surface area contributed by atoms with Crippen LogP contribution in [-0.2, 0) is 6.54 Å². The van der Waals surface area contributed by atoms with Crippen LogP contribution in [0.25, 0.3) is 0 Å². The van der Waals surface area contributed by atoms with E-state index in [0.29, 0.717) is 0 Å². The van der Waals surface area contributed by atoms with Gasteiger partial charge in [0.25, 0.3) is 0 Å². The standard InChI is InChI=1S/C9H14N2.BrH/c1-2-3-6-11-7-4-9(10)5-8-11;/h4-5,7-8,10H,2-3,6H2,1H3;1H. The van der Waals surface area contributed by atoms with Gasteiger partial charge in [-0.3, -0.25) is 0 Å². The molecule has 0 unspecified atom stereocenters. The van der Waals surface area contributed by atoms with Gasteiger partial charge in [-0.15, -0.1) is 0 Å². The summed E-state index contributed by atoms with van der Waals surface area (Å²) in [6.45, 7) is 3.29. The molecule has 0 aromatic carbocycles. The van der Waals surface area contributed by atoms with Gasteiger partial charge in [0.15, 0.2) is 12.4 Å². The van der Waals surface area contributed by atoms with Crippen LogP contribution in [0, 0.1) is 0 Å². The number of halogens is 1.